The van der Waals surface area contributed by atoms with Crippen LogP contribution in [0.5, 0.6) is 0 Å². The molecular formula is C16H25Cl2N5O2. The number of amides is 2. The predicted octanol–water partition coefficient (Wildman–Crippen LogP) is 1.27. The van der Waals surface area contributed by atoms with Crippen molar-refractivity contribution in [2.24, 2.45) is 11.7 Å². The molecule has 0 aromatic carbocycles. The van der Waals surface area contributed by atoms with Crippen LogP contribution in [-0.4, -0.2) is 53.9 Å². The van der Waals surface area contributed by atoms with Gasteiger partial charge >= 0.3 is 0 Å². The van der Waals surface area contributed by atoms with Gasteiger partial charge in [0.15, 0.2) is 0 Å². The van der Waals surface area contributed by atoms with Gasteiger partial charge in [0.25, 0.3) is 0 Å². The number of nitrogens with zero attached hydrogens (tertiary/aromatic N) is 3. The Bertz CT molecular complexity index is 585. The Balaban J connectivity index is 0.00000156. The van der Waals surface area contributed by atoms with Crippen molar-refractivity contribution in [3.63, 3.8) is 0 Å². The molecule has 1 aliphatic carbocycles. The summed E-state index contributed by atoms with van der Waals surface area (Å²) in [5, 5.41) is 2.72. The molecule has 0 radical (unpaired) electrons. The molecule has 25 heavy (non-hydrogen) atoms. The first-order valence-corrected chi connectivity index (χ1v) is 8.11. The van der Waals surface area contributed by atoms with Gasteiger partial charge in [-0.2, -0.15) is 0 Å². The average Bonchev–Trinajstić information content (AvgIpc) is 3.40. The van der Waals surface area contributed by atoms with Gasteiger partial charge in [-0.25, -0.2) is 4.98 Å². The molecule has 2 heterocycles. The van der Waals surface area contributed by atoms with Gasteiger partial charge in [-0.15, -0.1) is 24.8 Å². The molecular weight excluding hydrogens is 365 g/mol. The summed E-state index contributed by atoms with van der Waals surface area (Å²) in [6.07, 6.45) is 3.74. The summed E-state index contributed by atoms with van der Waals surface area (Å²) in [6.45, 7) is 4.72. The number of nitrogens with two attached hydrogens (primary N) is 1. The molecule has 2 aliphatic rings. The molecule has 9 heteroatoms. The van der Waals surface area contributed by atoms with Crippen molar-refractivity contribution in [2.75, 3.05) is 36.4 Å². The number of anilines is 2. The maximum Gasteiger partial charge on any atom is 0.241 e. The number of piperazine rings is 1. The molecule has 1 saturated carbocycles. The summed E-state index contributed by atoms with van der Waals surface area (Å²) in [7, 11) is 0. The smallest absolute Gasteiger partial charge is 0.241 e. The van der Waals surface area contributed by atoms with Crippen LogP contribution in [0, 0.1) is 5.92 Å². The lowest BCUT2D eigenvalue weighted by Gasteiger charge is -2.35. The second-order valence-electron chi connectivity index (χ2n) is 6.27. The van der Waals surface area contributed by atoms with E-state index in [1.54, 1.807) is 13.1 Å². The summed E-state index contributed by atoms with van der Waals surface area (Å²) in [5.41, 5.74) is 6.16. The Morgan fingerprint density at radius 2 is 1.84 bits per heavy atom. The number of halogens is 2. The minimum Gasteiger partial charge on any atom is -0.353 e. The quantitative estimate of drug-likeness (QED) is 0.808. The Morgan fingerprint density at radius 1 is 1.20 bits per heavy atom. The monoisotopic (exact) mass is 389 g/mol. The fourth-order valence-electron chi connectivity index (χ4n) is 2.65. The molecule has 0 spiro atoms. The van der Waals surface area contributed by atoms with Crippen LogP contribution in [-0.2, 0) is 9.59 Å². The second-order valence-corrected chi connectivity index (χ2v) is 6.27. The zero-order valence-corrected chi connectivity index (χ0v) is 15.8. The molecule has 1 aliphatic heterocycles. The molecule has 1 atom stereocenters. The third kappa shape index (κ3) is 5.45. The number of carbonyl (C=O) groups is 2. The normalized spacial score (nSPS) is 17.8. The van der Waals surface area contributed by atoms with E-state index in [1.165, 1.54) is 0 Å². The van der Waals surface area contributed by atoms with E-state index < -0.39 is 6.04 Å². The molecule has 2 amide bonds. The number of nitrogens with one attached hydrogen (secondary N) is 1. The fourth-order valence-corrected chi connectivity index (χ4v) is 2.65. The van der Waals surface area contributed by atoms with Crippen molar-refractivity contribution in [2.45, 2.75) is 25.8 Å². The highest BCUT2D eigenvalue weighted by molar-refractivity contribution is 5.94. The number of aromatic nitrogens is 1. The van der Waals surface area contributed by atoms with Gasteiger partial charge in [-0.3, -0.25) is 9.59 Å². The molecule has 0 bridgehead atoms. The van der Waals surface area contributed by atoms with Crippen LogP contribution < -0.4 is 16.0 Å². The van der Waals surface area contributed by atoms with E-state index >= 15 is 0 Å². The van der Waals surface area contributed by atoms with Crippen LogP contribution in [0.2, 0.25) is 0 Å². The van der Waals surface area contributed by atoms with Crippen molar-refractivity contribution in [3.05, 3.63) is 18.3 Å². The Morgan fingerprint density at radius 3 is 2.32 bits per heavy atom. The van der Waals surface area contributed by atoms with E-state index in [0.29, 0.717) is 11.6 Å². The maximum absolute atomic E-state index is 12.0. The van der Waals surface area contributed by atoms with E-state index in [0.717, 1.165) is 44.8 Å². The third-order valence-corrected chi connectivity index (χ3v) is 4.27. The minimum absolute atomic E-state index is 0. The lowest BCUT2D eigenvalue weighted by Crippen LogP contribution is -2.49. The standard InChI is InChI=1S/C16H23N5O2.2ClH/c1-11(17)15(22)19-13-4-5-14(18-10-13)20-6-8-21(9-7-20)16(23)12-2-3-12;;/h4-5,10-12H,2-3,6-9,17H2,1H3,(H,19,22);2*1H/t11-;;/m1../s1. The van der Waals surface area contributed by atoms with Crippen molar-refractivity contribution in [1.82, 2.24) is 9.88 Å². The van der Waals surface area contributed by atoms with Crippen LogP contribution in [0.25, 0.3) is 0 Å². The summed E-state index contributed by atoms with van der Waals surface area (Å²) in [5.74, 6) is 1.23. The number of carbonyl (C=O) groups excluding carboxylic acids is 2. The van der Waals surface area contributed by atoms with Gasteiger partial charge in [0.1, 0.15) is 5.82 Å². The van der Waals surface area contributed by atoms with Crippen LogP contribution >= 0.6 is 24.8 Å². The highest BCUT2D eigenvalue weighted by Crippen LogP contribution is 2.31. The van der Waals surface area contributed by atoms with Gasteiger partial charge in [-0.05, 0) is 31.9 Å². The van der Waals surface area contributed by atoms with Crippen LogP contribution in [0.3, 0.4) is 0 Å². The predicted molar refractivity (Wildman–Crippen MR) is 103 cm³/mol. The molecule has 1 saturated heterocycles. The largest absolute Gasteiger partial charge is 0.353 e. The van der Waals surface area contributed by atoms with Gasteiger partial charge in [0, 0.05) is 32.1 Å². The number of hydrogen-bond acceptors (Lipinski definition) is 5. The SMILES string of the molecule is C[C@@H](N)C(=O)Nc1ccc(N2CCN(C(=O)C3CC3)CC2)nc1.Cl.Cl. The van der Waals surface area contributed by atoms with Crippen LogP contribution in [0.15, 0.2) is 18.3 Å². The van der Waals surface area contributed by atoms with Crippen molar-refractivity contribution >= 4 is 48.1 Å². The van der Waals surface area contributed by atoms with E-state index in [9.17, 15) is 9.59 Å². The molecule has 2 fully saturated rings. The molecule has 0 unspecified atom stereocenters. The van der Waals surface area contributed by atoms with Crippen molar-refractivity contribution in [3.8, 4) is 0 Å². The lowest BCUT2D eigenvalue weighted by atomic mass is 10.2. The molecule has 140 valence electrons. The Kier molecular flexibility index (Phi) is 7.92. The summed E-state index contributed by atoms with van der Waals surface area (Å²) in [4.78, 5) is 32.1. The van der Waals surface area contributed by atoms with Gasteiger partial charge in [0.2, 0.25) is 11.8 Å². The molecule has 3 N–H and O–H groups in total. The Hall–Kier alpha value is -1.57. The second kappa shape index (κ2) is 9.22. The summed E-state index contributed by atoms with van der Waals surface area (Å²) in [6, 6.07) is 3.16. The number of pyridine rings is 1. The van der Waals surface area contributed by atoms with E-state index in [2.05, 4.69) is 15.2 Å². The number of rotatable bonds is 4. The summed E-state index contributed by atoms with van der Waals surface area (Å²) < 4.78 is 0. The highest BCUT2D eigenvalue weighted by Gasteiger charge is 2.34. The number of hydrogen-bond donors (Lipinski definition) is 2. The van der Waals surface area contributed by atoms with Gasteiger partial charge < -0.3 is 20.9 Å². The first-order chi connectivity index (χ1) is 11.0. The van der Waals surface area contributed by atoms with Crippen LogP contribution in [0.4, 0.5) is 11.5 Å². The van der Waals surface area contributed by atoms with E-state index in [-0.39, 0.29) is 36.6 Å². The Labute approximate surface area is 160 Å². The van der Waals surface area contributed by atoms with Gasteiger partial charge in [-0.1, -0.05) is 0 Å². The van der Waals surface area contributed by atoms with Crippen LogP contribution in [0.1, 0.15) is 19.8 Å². The van der Waals surface area contributed by atoms with Gasteiger partial charge in [0.05, 0.1) is 17.9 Å². The summed E-state index contributed by atoms with van der Waals surface area (Å²) >= 11 is 0. The zero-order valence-electron chi connectivity index (χ0n) is 14.2. The minimum atomic E-state index is -0.549. The highest BCUT2D eigenvalue weighted by atomic mass is 35.5. The zero-order chi connectivity index (χ0) is 16.4. The lowest BCUT2D eigenvalue weighted by molar-refractivity contribution is -0.132. The molecule has 7 nitrogen and oxygen atoms in total. The third-order valence-electron chi connectivity index (χ3n) is 4.27. The molecule has 1 aromatic heterocycles. The maximum atomic E-state index is 12.0. The van der Waals surface area contributed by atoms with Crippen molar-refractivity contribution in [1.29, 1.82) is 0 Å². The average molecular weight is 390 g/mol. The van der Waals surface area contributed by atoms with E-state index in [4.69, 9.17) is 5.73 Å². The molecule has 1 aromatic rings. The van der Waals surface area contributed by atoms with E-state index in [1.807, 2.05) is 17.0 Å². The fraction of sp³-hybridized carbons (Fsp3) is 0.562. The molecule has 3 rings (SSSR count). The first kappa shape index (κ1) is 21.5. The first-order valence-electron chi connectivity index (χ1n) is 8.11. The van der Waals surface area contributed by atoms with Crippen molar-refractivity contribution < 1.29 is 9.59 Å². The topological polar surface area (TPSA) is 91.6 Å².